The number of carbonyl (C=O) groups excluding carboxylic acids is 1. The van der Waals surface area contributed by atoms with Gasteiger partial charge in [-0.3, -0.25) is 4.79 Å². The first-order valence-corrected chi connectivity index (χ1v) is 10.8. The Morgan fingerprint density at radius 1 is 1.36 bits per heavy atom. The van der Waals surface area contributed by atoms with Gasteiger partial charge in [0.05, 0.1) is 0 Å². The number of sulfonamides is 1. The van der Waals surface area contributed by atoms with E-state index in [4.69, 9.17) is 0 Å². The van der Waals surface area contributed by atoms with Crippen LogP contribution in [0.25, 0.3) is 0 Å². The highest BCUT2D eigenvalue weighted by Crippen LogP contribution is 2.30. The van der Waals surface area contributed by atoms with E-state index in [2.05, 4.69) is 17.6 Å². The predicted molar refractivity (Wildman–Crippen MR) is 102 cm³/mol. The highest BCUT2D eigenvalue weighted by Gasteiger charge is 2.40. The number of nitrogens with zero attached hydrogens (tertiary/aromatic N) is 1. The number of nitrogens with one attached hydrogen (secondary N) is 2. The lowest BCUT2D eigenvalue weighted by molar-refractivity contribution is -0.125. The SMILES string of the molecule is Cc1ccc(S(=O)(=O)N2CCCC2C(=O)NC2CCNC(C)C2)s1.Cl. The summed E-state index contributed by atoms with van der Waals surface area (Å²) < 4.78 is 27.4. The van der Waals surface area contributed by atoms with Crippen molar-refractivity contribution < 1.29 is 13.2 Å². The standard InChI is InChI=1S/C16H25N3O3S2.ClH/c1-11-10-13(7-8-17-11)18-16(20)14-4-3-9-19(14)24(21,22)15-6-5-12(2)23-15;/h5-6,11,13-14,17H,3-4,7-10H2,1-2H3,(H,18,20);1H. The number of thiophene rings is 1. The summed E-state index contributed by atoms with van der Waals surface area (Å²) in [5.41, 5.74) is 0. The minimum Gasteiger partial charge on any atom is -0.352 e. The van der Waals surface area contributed by atoms with Gasteiger partial charge in [-0.15, -0.1) is 23.7 Å². The van der Waals surface area contributed by atoms with Crippen LogP contribution in [-0.2, 0) is 14.8 Å². The van der Waals surface area contributed by atoms with Gasteiger partial charge in [-0.25, -0.2) is 8.42 Å². The third-order valence-electron chi connectivity index (χ3n) is 4.76. The molecule has 9 heteroatoms. The normalized spacial score (nSPS) is 27.7. The van der Waals surface area contributed by atoms with Crippen molar-refractivity contribution in [3.63, 3.8) is 0 Å². The first-order valence-electron chi connectivity index (χ1n) is 8.50. The van der Waals surface area contributed by atoms with E-state index in [0.717, 1.165) is 30.7 Å². The molecule has 1 aromatic rings. The maximum absolute atomic E-state index is 12.9. The molecular weight excluding hydrogens is 382 g/mol. The Bertz CT molecular complexity index is 707. The summed E-state index contributed by atoms with van der Waals surface area (Å²) >= 11 is 1.26. The van der Waals surface area contributed by atoms with Gasteiger partial charge in [-0.2, -0.15) is 4.31 Å². The summed E-state index contributed by atoms with van der Waals surface area (Å²) in [7, 11) is -3.58. The van der Waals surface area contributed by atoms with Crippen LogP contribution in [0.15, 0.2) is 16.3 Å². The highest BCUT2D eigenvalue weighted by molar-refractivity contribution is 7.91. The van der Waals surface area contributed by atoms with Crippen LogP contribution in [0.2, 0.25) is 0 Å². The Morgan fingerprint density at radius 2 is 2.12 bits per heavy atom. The molecule has 2 N–H and O–H groups in total. The predicted octanol–water partition coefficient (Wildman–Crippen LogP) is 1.89. The number of rotatable bonds is 4. The Labute approximate surface area is 159 Å². The quantitative estimate of drug-likeness (QED) is 0.798. The molecule has 1 aromatic heterocycles. The first-order chi connectivity index (χ1) is 11.4. The van der Waals surface area contributed by atoms with E-state index in [-0.39, 0.29) is 24.4 Å². The van der Waals surface area contributed by atoms with Gasteiger partial charge in [0.15, 0.2) is 0 Å². The fourth-order valence-electron chi connectivity index (χ4n) is 3.52. The summed E-state index contributed by atoms with van der Waals surface area (Å²) in [6.07, 6.45) is 3.09. The molecule has 0 aromatic carbocycles. The summed E-state index contributed by atoms with van der Waals surface area (Å²) in [5, 5.41) is 6.42. The van der Waals surface area contributed by atoms with Crippen molar-refractivity contribution in [3.8, 4) is 0 Å². The molecule has 2 saturated heterocycles. The van der Waals surface area contributed by atoms with Crippen LogP contribution < -0.4 is 10.6 Å². The van der Waals surface area contributed by atoms with Gasteiger partial charge in [0, 0.05) is 23.5 Å². The van der Waals surface area contributed by atoms with Crippen molar-refractivity contribution in [2.75, 3.05) is 13.1 Å². The van der Waals surface area contributed by atoms with Crippen molar-refractivity contribution in [2.24, 2.45) is 0 Å². The van der Waals surface area contributed by atoms with E-state index in [1.807, 2.05) is 6.92 Å². The molecular formula is C16H26ClN3O3S2. The van der Waals surface area contributed by atoms with Crippen molar-refractivity contribution in [1.29, 1.82) is 0 Å². The third-order valence-corrected chi connectivity index (χ3v) is 8.13. The van der Waals surface area contributed by atoms with E-state index in [1.54, 1.807) is 12.1 Å². The van der Waals surface area contributed by atoms with E-state index < -0.39 is 16.1 Å². The molecule has 0 radical (unpaired) electrons. The second-order valence-corrected chi connectivity index (χ2v) is 10.1. The van der Waals surface area contributed by atoms with Crippen molar-refractivity contribution >= 4 is 39.7 Å². The summed E-state index contributed by atoms with van der Waals surface area (Å²) in [6.45, 7) is 5.28. The Balaban J connectivity index is 0.00000225. The summed E-state index contributed by atoms with van der Waals surface area (Å²) in [6, 6.07) is 3.36. The lowest BCUT2D eigenvalue weighted by atomic mass is 10.0. The first kappa shape index (κ1) is 20.6. The third kappa shape index (κ3) is 4.54. The van der Waals surface area contributed by atoms with E-state index in [1.165, 1.54) is 15.6 Å². The number of piperidine rings is 1. The minimum atomic E-state index is -3.58. The molecule has 6 nitrogen and oxygen atoms in total. The van der Waals surface area contributed by atoms with E-state index in [9.17, 15) is 13.2 Å². The molecule has 3 heterocycles. The Hall–Kier alpha value is -0.670. The summed E-state index contributed by atoms with van der Waals surface area (Å²) in [4.78, 5) is 13.6. The molecule has 3 atom stereocenters. The molecule has 0 bridgehead atoms. The number of amides is 1. The van der Waals surface area contributed by atoms with Crippen LogP contribution in [0.4, 0.5) is 0 Å². The van der Waals surface area contributed by atoms with Gasteiger partial charge >= 0.3 is 0 Å². The minimum absolute atomic E-state index is 0. The molecule has 1 amide bonds. The second-order valence-electron chi connectivity index (χ2n) is 6.72. The van der Waals surface area contributed by atoms with Gasteiger partial charge in [0.25, 0.3) is 10.0 Å². The van der Waals surface area contributed by atoms with Crippen molar-refractivity contribution in [1.82, 2.24) is 14.9 Å². The zero-order chi connectivity index (χ0) is 17.3. The lowest BCUT2D eigenvalue weighted by Crippen LogP contribution is -2.52. The van der Waals surface area contributed by atoms with Gasteiger partial charge in [-0.05, 0) is 58.2 Å². The fourth-order valence-corrected chi connectivity index (χ4v) is 6.59. The fraction of sp³-hybridized carbons (Fsp3) is 0.688. The molecule has 3 rings (SSSR count). The van der Waals surface area contributed by atoms with Gasteiger partial charge < -0.3 is 10.6 Å². The lowest BCUT2D eigenvalue weighted by Gasteiger charge is -2.30. The smallest absolute Gasteiger partial charge is 0.253 e. The number of aryl methyl sites for hydroxylation is 1. The van der Waals surface area contributed by atoms with Crippen LogP contribution in [0, 0.1) is 6.92 Å². The molecule has 142 valence electrons. The molecule has 0 aliphatic carbocycles. The largest absolute Gasteiger partial charge is 0.352 e. The molecule has 25 heavy (non-hydrogen) atoms. The van der Waals surface area contributed by atoms with Crippen LogP contribution in [-0.4, -0.2) is 49.8 Å². The monoisotopic (exact) mass is 407 g/mol. The topological polar surface area (TPSA) is 78.5 Å². The zero-order valence-corrected chi connectivity index (χ0v) is 17.0. The Kier molecular flexibility index (Phi) is 6.89. The van der Waals surface area contributed by atoms with Crippen LogP contribution in [0.3, 0.4) is 0 Å². The maximum Gasteiger partial charge on any atom is 0.253 e. The number of carbonyl (C=O) groups is 1. The van der Waals surface area contributed by atoms with Crippen LogP contribution >= 0.6 is 23.7 Å². The highest BCUT2D eigenvalue weighted by atomic mass is 35.5. The van der Waals surface area contributed by atoms with Gasteiger partial charge in [-0.1, -0.05) is 0 Å². The number of halogens is 1. The molecule has 0 spiro atoms. The molecule has 2 fully saturated rings. The molecule has 2 aliphatic heterocycles. The molecule has 3 unspecified atom stereocenters. The van der Waals surface area contributed by atoms with E-state index >= 15 is 0 Å². The average Bonchev–Trinajstić information content (AvgIpc) is 3.16. The van der Waals surface area contributed by atoms with Gasteiger partial charge in [0.2, 0.25) is 5.91 Å². The zero-order valence-electron chi connectivity index (χ0n) is 14.5. The number of hydrogen-bond acceptors (Lipinski definition) is 5. The number of hydrogen-bond donors (Lipinski definition) is 2. The van der Waals surface area contributed by atoms with Crippen LogP contribution in [0.1, 0.15) is 37.5 Å². The second kappa shape index (κ2) is 8.35. The van der Waals surface area contributed by atoms with Gasteiger partial charge in [0.1, 0.15) is 10.3 Å². The maximum atomic E-state index is 12.9. The van der Waals surface area contributed by atoms with Crippen molar-refractivity contribution in [3.05, 3.63) is 17.0 Å². The Morgan fingerprint density at radius 3 is 2.76 bits per heavy atom. The van der Waals surface area contributed by atoms with Crippen molar-refractivity contribution in [2.45, 2.75) is 61.9 Å². The average molecular weight is 408 g/mol. The van der Waals surface area contributed by atoms with E-state index in [0.29, 0.717) is 23.2 Å². The summed E-state index contributed by atoms with van der Waals surface area (Å²) in [5.74, 6) is -0.150. The molecule has 2 aliphatic rings. The molecule has 0 saturated carbocycles. The van der Waals surface area contributed by atoms with Crippen LogP contribution in [0.5, 0.6) is 0 Å².